The lowest BCUT2D eigenvalue weighted by molar-refractivity contribution is -0.167. The van der Waals surface area contributed by atoms with Gasteiger partial charge in [0.2, 0.25) is 0 Å². The van der Waals surface area contributed by atoms with Crippen LogP contribution in [-0.4, -0.2) is 37.2 Å². The summed E-state index contributed by atoms with van der Waals surface area (Å²) in [5.41, 5.74) is 0. The standard InChI is InChI=1S/C64H120O6/c1-4-7-10-13-16-19-22-24-26-27-28-29-30-31-32-33-34-35-36-37-39-40-42-45-48-51-54-57-63(66)69-60-61(59-68-62(65)56-53-50-47-44-21-18-15-12-9-6-3)70-64(67)58-55-52-49-46-43-41-38-25-23-20-17-14-11-8-5-2/h25,27-28,38,61H,4-24,26,29-37,39-60H2,1-3H3/b28-27-,38-25-. The summed E-state index contributed by atoms with van der Waals surface area (Å²) in [4.78, 5) is 38.1. The Bertz CT molecular complexity index is 1130. The van der Waals surface area contributed by atoms with Gasteiger partial charge in [-0.2, -0.15) is 0 Å². The number of hydrogen-bond donors (Lipinski definition) is 0. The summed E-state index contributed by atoms with van der Waals surface area (Å²) >= 11 is 0. The Kier molecular flexibility index (Phi) is 57.7. The molecule has 0 aromatic rings. The molecule has 70 heavy (non-hydrogen) atoms. The summed E-state index contributed by atoms with van der Waals surface area (Å²) in [5, 5.41) is 0. The fourth-order valence-corrected chi connectivity index (χ4v) is 9.44. The lowest BCUT2D eigenvalue weighted by atomic mass is 10.0. The van der Waals surface area contributed by atoms with Crippen molar-refractivity contribution < 1.29 is 28.6 Å². The van der Waals surface area contributed by atoms with Crippen molar-refractivity contribution in [1.82, 2.24) is 0 Å². The molecular weight excluding hydrogens is 865 g/mol. The second kappa shape index (κ2) is 59.5. The maximum Gasteiger partial charge on any atom is 0.306 e. The summed E-state index contributed by atoms with van der Waals surface area (Å²) in [7, 11) is 0. The van der Waals surface area contributed by atoms with E-state index in [0.29, 0.717) is 19.3 Å². The number of carbonyl (C=O) groups excluding carboxylic acids is 3. The molecule has 412 valence electrons. The molecule has 0 heterocycles. The zero-order chi connectivity index (χ0) is 50.7. The van der Waals surface area contributed by atoms with Crippen LogP contribution in [0.25, 0.3) is 0 Å². The highest BCUT2D eigenvalue weighted by Crippen LogP contribution is 2.17. The molecule has 0 N–H and O–H groups in total. The molecule has 0 saturated carbocycles. The van der Waals surface area contributed by atoms with Crippen molar-refractivity contribution in [1.29, 1.82) is 0 Å². The van der Waals surface area contributed by atoms with Crippen molar-refractivity contribution in [3.05, 3.63) is 24.3 Å². The van der Waals surface area contributed by atoms with Gasteiger partial charge in [0.05, 0.1) is 0 Å². The largest absolute Gasteiger partial charge is 0.462 e. The highest BCUT2D eigenvalue weighted by Gasteiger charge is 2.19. The first-order valence-corrected chi connectivity index (χ1v) is 31.3. The summed E-state index contributed by atoms with van der Waals surface area (Å²) in [6.07, 6.45) is 70.5. The average Bonchev–Trinajstić information content (AvgIpc) is 3.36. The molecule has 0 spiro atoms. The topological polar surface area (TPSA) is 78.9 Å². The molecule has 0 aliphatic carbocycles. The number of hydrogen-bond acceptors (Lipinski definition) is 6. The van der Waals surface area contributed by atoms with Crippen LogP contribution in [0.3, 0.4) is 0 Å². The zero-order valence-electron chi connectivity index (χ0n) is 47.3. The summed E-state index contributed by atoms with van der Waals surface area (Å²) in [6.45, 7) is 6.67. The number of unbranched alkanes of at least 4 members (excludes halogenated alkanes) is 43. The average molecular weight is 986 g/mol. The molecule has 0 radical (unpaired) electrons. The Morgan fingerprint density at radius 1 is 0.271 bits per heavy atom. The first-order chi connectivity index (χ1) is 34.5. The van der Waals surface area contributed by atoms with E-state index >= 15 is 0 Å². The van der Waals surface area contributed by atoms with Gasteiger partial charge in [0, 0.05) is 19.3 Å². The number of carbonyl (C=O) groups is 3. The maximum atomic E-state index is 12.8. The van der Waals surface area contributed by atoms with Gasteiger partial charge in [-0.3, -0.25) is 14.4 Å². The fraction of sp³-hybridized carbons (Fsp3) is 0.891. The van der Waals surface area contributed by atoms with Crippen LogP contribution in [0.5, 0.6) is 0 Å². The van der Waals surface area contributed by atoms with Gasteiger partial charge >= 0.3 is 17.9 Å². The zero-order valence-corrected chi connectivity index (χ0v) is 47.3. The number of ether oxygens (including phenoxy) is 3. The third-order valence-corrected chi connectivity index (χ3v) is 14.2. The van der Waals surface area contributed by atoms with Crippen molar-refractivity contribution in [2.45, 2.75) is 354 Å². The van der Waals surface area contributed by atoms with E-state index in [1.165, 1.54) is 244 Å². The molecule has 1 unspecified atom stereocenters. The number of allylic oxidation sites excluding steroid dienone is 4. The molecule has 6 heteroatoms. The van der Waals surface area contributed by atoms with Gasteiger partial charge in [-0.05, 0) is 70.6 Å². The predicted octanol–water partition coefficient (Wildman–Crippen LogP) is 21.1. The van der Waals surface area contributed by atoms with Gasteiger partial charge in [-0.25, -0.2) is 0 Å². The van der Waals surface area contributed by atoms with Gasteiger partial charge in [0.25, 0.3) is 0 Å². The summed E-state index contributed by atoms with van der Waals surface area (Å²) in [5.74, 6) is -0.858. The minimum atomic E-state index is -0.770. The van der Waals surface area contributed by atoms with E-state index in [1.807, 2.05) is 0 Å². The highest BCUT2D eigenvalue weighted by atomic mass is 16.6. The molecule has 0 amide bonds. The normalized spacial score (nSPS) is 12.1. The monoisotopic (exact) mass is 985 g/mol. The molecule has 0 aliphatic heterocycles. The lowest BCUT2D eigenvalue weighted by Gasteiger charge is -2.18. The van der Waals surface area contributed by atoms with E-state index in [9.17, 15) is 14.4 Å². The van der Waals surface area contributed by atoms with Crippen molar-refractivity contribution in [3.8, 4) is 0 Å². The highest BCUT2D eigenvalue weighted by molar-refractivity contribution is 5.71. The molecular formula is C64H120O6. The van der Waals surface area contributed by atoms with Crippen LogP contribution in [0.15, 0.2) is 24.3 Å². The molecule has 0 saturated heterocycles. The Morgan fingerprint density at radius 2 is 0.471 bits per heavy atom. The van der Waals surface area contributed by atoms with E-state index < -0.39 is 6.10 Å². The predicted molar refractivity (Wildman–Crippen MR) is 303 cm³/mol. The molecule has 0 aliphatic rings. The van der Waals surface area contributed by atoms with Crippen molar-refractivity contribution >= 4 is 17.9 Å². The third kappa shape index (κ3) is 56.8. The molecule has 6 nitrogen and oxygen atoms in total. The second-order valence-corrected chi connectivity index (χ2v) is 21.3. The number of esters is 3. The minimum absolute atomic E-state index is 0.0696. The number of rotatable bonds is 58. The first-order valence-electron chi connectivity index (χ1n) is 31.3. The van der Waals surface area contributed by atoms with E-state index in [1.54, 1.807) is 0 Å². The molecule has 0 aromatic heterocycles. The summed E-state index contributed by atoms with van der Waals surface area (Å²) in [6, 6.07) is 0. The van der Waals surface area contributed by atoms with E-state index in [4.69, 9.17) is 14.2 Å². The quantitative estimate of drug-likeness (QED) is 0.0261. The molecule has 0 rings (SSSR count). The van der Waals surface area contributed by atoms with Crippen LogP contribution in [-0.2, 0) is 28.6 Å². The van der Waals surface area contributed by atoms with Crippen LogP contribution in [0.2, 0.25) is 0 Å². The Balaban J connectivity index is 4.13. The van der Waals surface area contributed by atoms with Gasteiger partial charge in [-0.15, -0.1) is 0 Å². The minimum Gasteiger partial charge on any atom is -0.462 e. The van der Waals surface area contributed by atoms with Gasteiger partial charge in [-0.1, -0.05) is 283 Å². The van der Waals surface area contributed by atoms with Crippen molar-refractivity contribution in [2.24, 2.45) is 0 Å². The van der Waals surface area contributed by atoms with Crippen molar-refractivity contribution in [3.63, 3.8) is 0 Å². The maximum absolute atomic E-state index is 12.8. The van der Waals surface area contributed by atoms with Crippen molar-refractivity contribution in [2.75, 3.05) is 13.2 Å². The van der Waals surface area contributed by atoms with Gasteiger partial charge in [0.1, 0.15) is 13.2 Å². The van der Waals surface area contributed by atoms with Crippen LogP contribution >= 0.6 is 0 Å². The summed E-state index contributed by atoms with van der Waals surface area (Å²) < 4.78 is 16.9. The Labute approximate surface area is 436 Å². The van der Waals surface area contributed by atoms with E-state index in [-0.39, 0.29) is 31.1 Å². The van der Waals surface area contributed by atoms with E-state index in [0.717, 1.165) is 64.2 Å². The molecule has 1 atom stereocenters. The van der Waals surface area contributed by atoms with Crippen LogP contribution in [0.4, 0.5) is 0 Å². The van der Waals surface area contributed by atoms with Crippen LogP contribution < -0.4 is 0 Å². The van der Waals surface area contributed by atoms with Crippen LogP contribution in [0.1, 0.15) is 348 Å². The third-order valence-electron chi connectivity index (χ3n) is 14.2. The van der Waals surface area contributed by atoms with Crippen LogP contribution in [0, 0.1) is 0 Å². The molecule has 0 fully saturated rings. The Morgan fingerprint density at radius 3 is 0.714 bits per heavy atom. The smallest absolute Gasteiger partial charge is 0.306 e. The second-order valence-electron chi connectivity index (χ2n) is 21.3. The van der Waals surface area contributed by atoms with Gasteiger partial charge < -0.3 is 14.2 Å². The van der Waals surface area contributed by atoms with Gasteiger partial charge in [0.15, 0.2) is 6.10 Å². The van der Waals surface area contributed by atoms with E-state index in [2.05, 4.69) is 45.1 Å². The Hall–Kier alpha value is -2.11. The fourth-order valence-electron chi connectivity index (χ4n) is 9.44. The SMILES string of the molecule is CCCCCCCC/C=C\CCCCCCCC(=O)OC(COC(=O)CCCCCCCCCCCC)COC(=O)CCCCCCCCCCCCCCCCC/C=C\CCCCCCCCCC. The molecule has 0 bridgehead atoms. The first kappa shape index (κ1) is 67.9. The lowest BCUT2D eigenvalue weighted by Crippen LogP contribution is -2.30. The molecule has 0 aromatic carbocycles.